The van der Waals surface area contributed by atoms with Crippen LogP contribution < -0.4 is 0 Å². The van der Waals surface area contributed by atoms with Crippen molar-refractivity contribution in [1.29, 1.82) is 0 Å². The molecular weight excluding hydrogens is 292 g/mol. The molecule has 0 saturated heterocycles. The molecule has 1 fully saturated rings. The van der Waals surface area contributed by atoms with Gasteiger partial charge >= 0.3 is 0 Å². The molecule has 1 aliphatic carbocycles. The molecule has 0 radical (unpaired) electrons. The Balaban J connectivity index is 2.45. The molecular formula is C15H29BrS. The van der Waals surface area contributed by atoms with Gasteiger partial charge in [-0.05, 0) is 60.4 Å². The second kappa shape index (κ2) is 6.84. The molecule has 0 unspecified atom stereocenters. The summed E-state index contributed by atoms with van der Waals surface area (Å²) < 4.78 is 0. The van der Waals surface area contributed by atoms with Gasteiger partial charge in [-0.3, -0.25) is 0 Å². The molecule has 0 aromatic carbocycles. The van der Waals surface area contributed by atoms with Crippen molar-refractivity contribution in [3.63, 3.8) is 0 Å². The van der Waals surface area contributed by atoms with E-state index in [1.807, 2.05) is 0 Å². The molecule has 0 amide bonds. The van der Waals surface area contributed by atoms with Crippen LogP contribution in [0.5, 0.6) is 0 Å². The maximum absolute atomic E-state index is 3.78. The molecule has 0 aliphatic heterocycles. The van der Waals surface area contributed by atoms with Crippen LogP contribution in [0.4, 0.5) is 0 Å². The fourth-order valence-corrected chi connectivity index (χ4v) is 4.69. The Morgan fingerprint density at radius 3 is 2.24 bits per heavy atom. The maximum Gasteiger partial charge on any atom is 0.00882 e. The summed E-state index contributed by atoms with van der Waals surface area (Å²) >= 11 is 5.88. The lowest BCUT2D eigenvalue weighted by Crippen LogP contribution is -2.34. The van der Waals surface area contributed by atoms with Gasteiger partial charge in [-0.2, -0.15) is 11.8 Å². The molecule has 1 saturated carbocycles. The zero-order valence-corrected chi connectivity index (χ0v) is 14.4. The van der Waals surface area contributed by atoms with Crippen molar-refractivity contribution in [1.82, 2.24) is 0 Å². The molecule has 1 rings (SSSR count). The third-order valence-electron chi connectivity index (χ3n) is 4.54. The van der Waals surface area contributed by atoms with Gasteiger partial charge in [0.2, 0.25) is 0 Å². The van der Waals surface area contributed by atoms with Gasteiger partial charge in [-0.1, -0.05) is 43.6 Å². The van der Waals surface area contributed by atoms with E-state index >= 15 is 0 Å². The highest BCUT2D eigenvalue weighted by atomic mass is 79.9. The van der Waals surface area contributed by atoms with Gasteiger partial charge in [-0.25, -0.2) is 0 Å². The van der Waals surface area contributed by atoms with Gasteiger partial charge in [0.1, 0.15) is 0 Å². The lowest BCUT2D eigenvalue weighted by Gasteiger charge is -2.43. The van der Waals surface area contributed by atoms with Crippen molar-refractivity contribution in [3.8, 4) is 0 Å². The third kappa shape index (κ3) is 4.78. The fraction of sp³-hybridized carbons (Fsp3) is 1.00. The molecule has 0 N–H and O–H groups in total. The minimum atomic E-state index is 0.511. The van der Waals surface area contributed by atoms with E-state index in [-0.39, 0.29) is 0 Å². The van der Waals surface area contributed by atoms with Crippen LogP contribution in [0.3, 0.4) is 0 Å². The standard InChI is InChI=1S/C15H29BrS/c1-5-17-11-10-15(12-16)8-6-13(7-9-15)14(2,3)4/h13H,5-12H2,1-4H3. The summed E-state index contributed by atoms with van der Waals surface area (Å²) in [5.74, 6) is 3.55. The Morgan fingerprint density at radius 2 is 1.82 bits per heavy atom. The van der Waals surface area contributed by atoms with E-state index in [9.17, 15) is 0 Å². The van der Waals surface area contributed by atoms with Crippen LogP contribution in [0.2, 0.25) is 0 Å². The Morgan fingerprint density at radius 1 is 1.24 bits per heavy atom. The Hall–Kier alpha value is 0.830. The Bertz CT molecular complexity index is 211. The first-order valence-electron chi connectivity index (χ1n) is 7.07. The van der Waals surface area contributed by atoms with Gasteiger partial charge in [-0.15, -0.1) is 0 Å². The highest BCUT2D eigenvalue weighted by Gasteiger charge is 2.37. The van der Waals surface area contributed by atoms with E-state index in [1.165, 1.54) is 48.9 Å². The fourth-order valence-electron chi connectivity index (χ4n) is 2.98. The summed E-state index contributed by atoms with van der Waals surface area (Å²) in [6.07, 6.45) is 7.15. The molecule has 0 bridgehead atoms. The third-order valence-corrected chi connectivity index (χ3v) is 6.63. The molecule has 17 heavy (non-hydrogen) atoms. The van der Waals surface area contributed by atoms with E-state index in [0.717, 1.165) is 5.92 Å². The summed E-state index contributed by atoms with van der Waals surface area (Å²) in [5, 5.41) is 1.21. The first-order chi connectivity index (χ1) is 7.93. The van der Waals surface area contributed by atoms with Crippen LogP contribution in [0.15, 0.2) is 0 Å². The van der Waals surface area contributed by atoms with E-state index in [0.29, 0.717) is 10.8 Å². The number of hydrogen-bond donors (Lipinski definition) is 0. The number of alkyl halides is 1. The van der Waals surface area contributed by atoms with Gasteiger partial charge in [0.15, 0.2) is 0 Å². The quantitative estimate of drug-likeness (QED) is 0.459. The average molecular weight is 321 g/mol. The minimum absolute atomic E-state index is 0.511. The summed E-state index contributed by atoms with van der Waals surface area (Å²) in [6, 6.07) is 0. The Kier molecular flexibility index (Phi) is 6.39. The summed E-state index contributed by atoms with van der Waals surface area (Å²) in [6.45, 7) is 9.49. The largest absolute Gasteiger partial charge is 0.162 e. The monoisotopic (exact) mass is 320 g/mol. The van der Waals surface area contributed by atoms with E-state index < -0.39 is 0 Å². The molecule has 2 heteroatoms. The van der Waals surface area contributed by atoms with Crippen molar-refractivity contribution >= 4 is 27.7 Å². The van der Waals surface area contributed by atoms with Gasteiger partial charge in [0, 0.05) is 5.33 Å². The van der Waals surface area contributed by atoms with Crippen molar-refractivity contribution in [3.05, 3.63) is 0 Å². The van der Waals surface area contributed by atoms with E-state index in [4.69, 9.17) is 0 Å². The van der Waals surface area contributed by atoms with Crippen molar-refractivity contribution < 1.29 is 0 Å². The average Bonchev–Trinajstić information content (AvgIpc) is 2.29. The van der Waals surface area contributed by atoms with Crippen molar-refractivity contribution in [2.24, 2.45) is 16.7 Å². The molecule has 0 nitrogen and oxygen atoms in total. The summed E-state index contributed by atoms with van der Waals surface area (Å²) in [5.41, 5.74) is 1.13. The SMILES string of the molecule is CCSCCC1(CBr)CCC(C(C)(C)C)CC1. The highest BCUT2D eigenvalue weighted by molar-refractivity contribution is 9.09. The maximum atomic E-state index is 3.78. The number of rotatable bonds is 5. The number of thioether (sulfide) groups is 1. The van der Waals surface area contributed by atoms with Gasteiger partial charge < -0.3 is 0 Å². The topological polar surface area (TPSA) is 0 Å². The smallest absolute Gasteiger partial charge is 0.00882 e. The molecule has 0 spiro atoms. The number of hydrogen-bond acceptors (Lipinski definition) is 1. The second-order valence-electron chi connectivity index (χ2n) is 6.72. The zero-order valence-electron chi connectivity index (χ0n) is 12.0. The molecule has 0 atom stereocenters. The molecule has 0 aromatic heterocycles. The van der Waals surface area contributed by atoms with Crippen LogP contribution in [-0.4, -0.2) is 16.8 Å². The van der Waals surface area contributed by atoms with Gasteiger partial charge in [0.05, 0.1) is 0 Å². The van der Waals surface area contributed by atoms with E-state index in [1.54, 1.807) is 0 Å². The van der Waals surface area contributed by atoms with Crippen LogP contribution in [0, 0.1) is 16.7 Å². The lowest BCUT2D eigenvalue weighted by atomic mass is 9.64. The van der Waals surface area contributed by atoms with E-state index in [2.05, 4.69) is 55.4 Å². The highest BCUT2D eigenvalue weighted by Crippen LogP contribution is 2.48. The van der Waals surface area contributed by atoms with Crippen LogP contribution in [-0.2, 0) is 0 Å². The molecule has 102 valence electrons. The number of halogens is 1. The molecule has 0 aromatic rings. The predicted molar refractivity (Wildman–Crippen MR) is 85.3 cm³/mol. The summed E-state index contributed by atoms with van der Waals surface area (Å²) in [4.78, 5) is 0. The lowest BCUT2D eigenvalue weighted by molar-refractivity contribution is 0.101. The summed E-state index contributed by atoms with van der Waals surface area (Å²) in [7, 11) is 0. The normalized spacial score (nSPS) is 30.5. The first kappa shape index (κ1) is 15.9. The predicted octanol–water partition coefficient (Wildman–Crippen LogP) is 5.75. The van der Waals surface area contributed by atoms with Crippen LogP contribution in [0.1, 0.15) is 59.8 Å². The molecule has 0 heterocycles. The van der Waals surface area contributed by atoms with Crippen molar-refractivity contribution in [2.45, 2.75) is 59.8 Å². The Labute approximate surface area is 121 Å². The first-order valence-corrected chi connectivity index (χ1v) is 9.35. The van der Waals surface area contributed by atoms with Gasteiger partial charge in [0.25, 0.3) is 0 Å². The van der Waals surface area contributed by atoms with Crippen LogP contribution >= 0.6 is 27.7 Å². The van der Waals surface area contributed by atoms with Crippen LogP contribution in [0.25, 0.3) is 0 Å². The van der Waals surface area contributed by atoms with Crippen molar-refractivity contribution in [2.75, 3.05) is 16.8 Å². The minimum Gasteiger partial charge on any atom is -0.162 e. The second-order valence-corrected chi connectivity index (χ2v) is 8.68. The zero-order chi connectivity index (χ0) is 12.9. The molecule has 1 aliphatic rings.